The molecule has 5 nitrogen and oxygen atoms in total. The molecule has 0 aliphatic carbocycles. The Labute approximate surface area is 112 Å². The molecule has 104 valence electrons. The van der Waals surface area contributed by atoms with Gasteiger partial charge in [0, 0.05) is 11.8 Å². The number of rotatable bonds is 6. The molecule has 0 unspecified atom stereocenters. The molecule has 0 saturated carbocycles. The van der Waals surface area contributed by atoms with Crippen LogP contribution >= 0.6 is 11.8 Å². The number of halogens is 2. The Hall–Kier alpha value is -1.67. The SMILES string of the molecule is N[C@H](CSCC(=O)Nc1ccc(F)cc1F)C(=O)O. The highest BCUT2D eigenvalue weighted by molar-refractivity contribution is 8.00. The van der Waals surface area contributed by atoms with Crippen LogP contribution in [0.15, 0.2) is 18.2 Å². The molecule has 8 heteroatoms. The smallest absolute Gasteiger partial charge is 0.321 e. The van der Waals surface area contributed by atoms with Crippen molar-refractivity contribution in [3.63, 3.8) is 0 Å². The van der Waals surface area contributed by atoms with Gasteiger partial charge in [-0.15, -0.1) is 11.8 Å². The first kappa shape index (κ1) is 15.4. The monoisotopic (exact) mass is 290 g/mol. The van der Waals surface area contributed by atoms with Gasteiger partial charge >= 0.3 is 5.97 Å². The van der Waals surface area contributed by atoms with Crippen LogP contribution < -0.4 is 11.1 Å². The highest BCUT2D eigenvalue weighted by Gasteiger charge is 2.13. The van der Waals surface area contributed by atoms with E-state index < -0.39 is 29.6 Å². The molecule has 4 N–H and O–H groups in total. The molecule has 1 rings (SSSR count). The fraction of sp³-hybridized carbons (Fsp3) is 0.273. The zero-order chi connectivity index (χ0) is 14.4. The van der Waals surface area contributed by atoms with Crippen molar-refractivity contribution in [1.82, 2.24) is 0 Å². The Morgan fingerprint density at radius 2 is 2.11 bits per heavy atom. The minimum absolute atomic E-state index is 0.0641. The van der Waals surface area contributed by atoms with Crippen molar-refractivity contribution in [2.24, 2.45) is 5.73 Å². The Bertz CT molecular complexity index is 485. The number of aliphatic carboxylic acids is 1. The van der Waals surface area contributed by atoms with E-state index in [-0.39, 0.29) is 17.2 Å². The van der Waals surface area contributed by atoms with Crippen LogP contribution in [0.25, 0.3) is 0 Å². The largest absolute Gasteiger partial charge is 0.480 e. The molecule has 19 heavy (non-hydrogen) atoms. The van der Waals surface area contributed by atoms with Crippen molar-refractivity contribution in [1.29, 1.82) is 0 Å². The third kappa shape index (κ3) is 5.23. The third-order valence-electron chi connectivity index (χ3n) is 2.05. The molecule has 1 amide bonds. The van der Waals surface area contributed by atoms with Crippen LogP contribution in [0.1, 0.15) is 0 Å². The first-order valence-corrected chi connectivity index (χ1v) is 6.36. The van der Waals surface area contributed by atoms with Crippen LogP contribution in [-0.2, 0) is 9.59 Å². The highest BCUT2D eigenvalue weighted by Crippen LogP contribution is 2.15. The normalized spacial score (nSPS) is 11.9. The van der Waals surface area contributed by atoms with Gasteiger partial charge in [0.25, 0.3) is 0 Å². The van der Waals surface area contributed by atoms with Crippen LogP contribution in [-0.4, -0.2) is 34.5 Å². The lowest BCUT2D eigenvalue weighted by molar-refractivity contribution is -0.137. The summed E-state index contributed by atoms with van der Waals surface area (Å²) >= 11 is 1.01. The maximum Gasteiger partial charge on any atom is 0.321 e. The highest BCUT2D eigenvalue weighted by atomic mass is 32.2. The summed E-state index contributed by atoms with van der Waals surface area (Å²) in [6.45, 7) is 0. The number of thioether (sulfide) groups is 1. The van der Waals surface area contributed by atoms with Crippen molar-refractivity contribution < 1.29 is 23.5 Å². The van der Waals surface area contributed by atoms with Gasteiger partial charge < -0.3 is 16.2 Å². The number of carbonyl (C=O) groups excluding carboxylic acids is 1. The second kappa shape index (κ2) is 7.05. The summed E-state index contributed by atoms with van der Waals surface area (Å²) in [5.74, 6) is -3.30. The minimum Gasteiger partial charge on any atom is -0.480 e. The van der Waals surface area contributed by atoms with Crippen LogP contribution in [0, 0.1) is 11.6 Å². The van der Waals surface area contributed by atoms with E-state index in [2.05, 4.69) is 5.32 Å². The molecular weight excluding hydrogens is 278 g/mol. The summed E-state index contributed by atoms with van der Waals surface area (Å²) in [5, 5.41) is 10.8. The predicted octanol–water partition coefficient (Wildman–Crippen LogP) is 1.05. The fourth-order valence-electron chi connectivity index (χ4n) is 1.13. The number of nitrogens with two attached hydrogens (primary N) is 1. The Morgan fingerprint density at radius 1 is 1.42 bits per heavy atom. The van der Waals surface area contributed by atoms with Gasteiger partial charge in [0.05, 0.1) is 11.4 Å². The third-order valence-corrected chi connectivity index (χ3v) is 3.11. The maximum atomic E-state index is 13.2. The van der Waals surface area contributed by atoms with E-state index in [1.165, 1.54) is 0 Å². The Morgan fingerprint density at radius 3 is 2.68 bits per heavy atom. The van der Waals surface area contributed by atoms with E-state index in [0.29, 0.717) is 6.07 Å². The van der Waals surface area contributed by atoms with Crippen LogP contribution in [0.2, 0.25) is 0 Å². The number of carboxylic acids is 1. The standard InChI is InChI=1S/C11H12F2N2O3S/c12-6-1-2-9(7(13)3-6)15-10(16)5-19-4-8(14)11(17)18/h1-3,8H,4-5,14H2,(H,15,16)(H,17,18)/t8-/m1/s1. The summed E-state index contributed by atoms with van der Waals surface area (Å²) in [5.41, 5.74) is 5.11. The van der Waals surface area contributed by atoms with E-state index in [1.54, 1.807) is 0 Å². The predicted molar refractivity (Wildman–Crippen MR) is 67.9 cm³/mol. The number of nitrogens with one attached hydrogen (secondary N) is 1. The van der Waals surface area contributed by atoms with Crippen LogP contribution in [0.3, 0.4) is 0 Å². The first-order valence-electron chi connectivity index (χ1n) is 5.21. The van der Waals surface area contributed by atoms with E-state index in [9.17, 15) is 18.4 Å². The van der Waals surface area contributed by atoms with E-state index in [1.807, 2.05) is 0 Å². The molecule has 1 aromatic carbocycles. The van der Waals surface area contributed by atoms with Gasteiger partial charge in [0.2, 0.25) is 5.91 Å². The summed E-state index contributed by atoms with van der Waals surface area (Å²) in [7, 11) is 0. The number of anilines is 1. The number of benzene rings is 1. The molecule has 0 fully saturated rings. The van der Waals surface area contributed by atoms with Crippen LogP contribution in [0.5, 0.6) is 0 Å². The molecule has 0 heterocycles. The first-order chi connectivity index (χ1) is 8.90. The zero-order valence-corrected chi connectivity index (χ0v) is 10.5. The molecule has 0 saturated heterocycles. The summed E-state index contributed by atoms with van der Waals surface area (Å²) in [6, 6.07) is 1.73. The van der Waals surface area contributed by atoms with E-state index in [4.69, 9.17) is 10.8 Å². The number of amides is 1. The molecule has 0 aliphatic heterocycles. The van der Waals surface area contributed by atoms with Crippen molar-refractivity contribution in [2.45, 2.75) is 6.04 Å². The number of hydrogen-bond acceptors (Lipinski definition) is 4. The van der Waals surface area contributed by atoms with Gasteiger partial charge in [-0.2, -0.15) is 0 Å². The minimum atomic E-state index is -1.16. The number of carbonyl (C=O) groups is 2. The lowest BCUT2D eigenvalue weighted by Gasteiger charge is -2.07. The molecule has 0 bridgehead atoms. The maximum absolute atomic E-state index is 13.2. The van der Waals surface area contributed by atoms with Gasteiger partial charge in [0.15, 0.2) is 0 Å². The Kier molecular flexibility index (Phi) is 5.71. The fourth-order valence-corrected chi connectivity index (χ4v) is 1.90. The lowest BCUT2D eigenvalue weighted by Crippen LogP contribution is -2.33. The summed E-state index contributed by atoms with van der Waals surface area (Å²) in [4.78, 5) is 21.8. The molecular formula is C11H12F2N2O3S. The average molecular weight is 290 g/mol. The van der Waals surface area contributed by atoms with E-state index >= 15 is 0 Å². The topological polar surface area (TPSA) is 92.4 Å². The van der Waals surface area contributed by atoms with E-state index in [0.717, 1.165) is 23.9 Å². The second-order valence-electron chi connectivity index (χ2n) is 3.63. The zero-order valence-electron chi connectivity index (χ0n) is 9.73. The van der Waals surface area contributed by atoms with Gasteiger partial charge in [-0.25, -0.2) is 8.78 Å². The molecule has 0 aromatic heterocycles. The van der Waals surface area contributed by atoms with Gasteiger partial charge in [0.1, 0.15) is 17.7 Å². The van der Waals surface area contributed by atoms with Crippen molar-refractivity contribution >= 4 is 29.3 Å². The second-order valence-corrected chi connectivity index (χ2v) is 4.66. The molecule has 1 atom stereocenters. The number of carboxylic acid groups (broad SMARTS) is 1. The lowest BCUT2D eigenvalue weighted by atomic mass is 10.3. The number of hydrogen-bond donors (Lipinski definition) is 3. The van der Waals surface area contributed by atoms with Crippen molar-refractivity contribution in [3.8, 4) is 0 Å². The Balaban J connectivity index is 2.41. The van der Waals surface area contributed by atoms with Gasteiger partial charge in [-0.1, -0.05) is 0 Å². The molecule has 0 aliphatic rings. The van der Waals surface area contributed by atoms with Gasteiger partial charge in [-0.05, 0) is 12.1 Å². The summed E-state index contributed by atoms with van der Waals surface area (Å²) < 4.78 is 25.8. The molecule has 0 spiro atoms. The average Bonchev–Trinajstić information content (AvgIpc) is 2.32. The summed E-state index contributed by atoms with van der Waals surface area (Å²) in [6.07, 6.45) is 0. The van der Waals surface area contributed by atoms with Gasteiger partial charge in [-0.3, -0.25) is 9.59 Å². The van der Waals surface area contributed by atoms with Crippen LogP contribution in [0.4, 0.5) is 14.5 Å². The quantitative estimate of drug-likeness (QED) is 0.728. The van der Waals surface area contributed by atoms with Crippen molar-refractivity contribution in [3.05, 3.63) is 29.8 Å². The molecule has 0 radical (unpaired) electrons. The van der Waals surface area contributed by atoms with Crippen molar-refractivity contribution in [2.75, 3.05) is 16.8 Å². The molecule has 1 aromatic rings.